The Balaban J connectivity index is 0.000000127. The molecule has 0 spiro atoms. The molecule has 6 heterocycles. The zero-order chi connectivity index (χ0) is 93.3. The lowest BCUT2D eigenvalue weighted by Crippen LogP contribution is -2.44. The predicted octanol–water partition coefficient (Wildman–Crippen LogP) is 25.7. The Morgan fingerprint density at radius 3 is 0.417 bits per heavy atom. The van der Waals surface area contributed by atoms with Crippen molar-refractivity contribution in [3.05, 3.63) is 305 Å². The number of imide groups is 6. The van der Waals surface area contributed by atoms with Crippen LogP contribution in [-0.4, -0.2) is 93.8 Å². The second-order valence-corrected chi connectivity index (χ2v) is 38.2. The van der Waals surface area contributed by atoms with Crippen LogP contribution in [0.2, 0.25) is 0 Å². The number of rotatable bonds is 14. The summed E-state index contributed by atoms with van der Waals surface area (Å²) in [6, 6.07) is 60.5. The van der Waals surface area contributed by atoms with Crippen LogP contribution in [-0.2, 0) is 0 Å². The Kier molecular flexibility index (Phi) is 20.0. The normalized spacial score (nSPS) is 15.0. The van der Waals surface area contributed by atoms with Gasteiger partial charge in [-0.25, -0.2) is 19.6 Å². The smallest absolute Gasteiger partial charge is 0.266 e. The van der Waals surface area contributed by atoms with Crippen molar-refractivity contribution < 1.29 is 57.5 Å². The standard InChI is InChI=1S/C48H42N2O4.C38H38N2O4.C28H18N2O4/c1-23(2)27-11-9-12-28(24(3)4)43(27)49-45(51)35-19-15-31-33-17-21-37-42-38(22-18-34(40(33)42)32-16-20-36(46(49)52)41(35)39(31)32)48(54)50(47(37)53)44-29(25(5)6)13-10-14-30(44)26(7)8;1-19(2)23-11-9-12-24(20(3)4)33(23)39-35(41)27-15-17-29-32-30(18-16-28(31(27)32)36(39)42)38(44)40(37(29)43)34-25(21(5)6)13-10-14-26(34)22(7)8;1-3-29-25(31)17-9-5-13-15-7-11-19-24-20(28(34)30(4-2)27(19)33)12-8-16(22(15)24)14-6-10-18(26(29)32)23(17)21(13)14/h9-26H,1-8H3;9-22H,1-8H3;5-12H,3-4H2,1-2H3. The molecule has 22 rings (SSSR count). The van der Waals surface area contributed by atoms with Gasteiger partial charge in [-0.2, -0.15) is 0 Å². The molecule has 0 radical (unpaired) electrons. The first-order valence-electron chi connectivity index (χ1n) is 46.0. The largest absolute Gasteiger partial charge is 0.275 e. The van der Waals surface area contributed by atoms with Gasteiger partial charge in [0.1, 0.15) is 0 Å². The molecule has 0 atom stereocenters. The van der Waals surface area contributed by atoms with Gasteiger partial charge in [0.05, 0.1) is 22.7 Å². The molecular weight excluding hydrogens is 1650 g/mol. The van der Waals surface area contributed by atoms with Gasteiger partial charge in [0.2, 0.25) is 0 Å². The van der Waals surface area contributed by atoms with E-state index in [1.54, 1.807) is 62.4 Å². The molecule has 0 N–H and O–H groups in total. The maximum Gasteiger partial charge on any atom is 0.266 e. The summed E-state index contributed by atoms with van der Waals surface area (Å²) in [7, 11) is 0. The van der Waals surface area contributed by atoms with Crippen molar-refractivity contribution in [1.82, 2.24) is 9.80 Å². The number of hydrogen-bond acceptors (Lipinski definition) is 12. The summed E-state index contributed by atoms with van der Waals surface area (Å²) in [5.74, 6) is -3.55. The van der Waals surface area contributed by atoms with Gasteiger partial charge in [-0.3, -0.25) is 67.3 Å². The Morgan fingerprint density at radius 2 is 0.288 bits per heavy atom. The number of carbonyl (C=O) groups excluding carboxylic acids is 12. The molecule has 0 unspecified atom stereocenters. The van der Waals surface area contributed by atoms with Crippen molar-refractivity contribution >= 4 is 191 Å². The van der Waals surface area contributed by atoms with E-state index >= 15 is 0 Å². The fraction of sp³-hybridized carbons (Fsp3) is 0.246. The highest BCUT2D eigenvalue weighted by Gasteiger charge is 2.47. The van der Waals surface area contributed by atoms with Crippen LogP contribution < -0.4 is 19.6 Å². The Morgan fingerprint density at radius 1 is 0.167 bits per heavy atom. The van der Waals surface area contributed by atoms with Crippen LogP contribution in [0.15, 0.2) is 194 Å². The van der Waals surface area contributed by atoms with Gasteiger partial charge >= 0.3 is 0 Å². The summed E-state index contributed by atoms with van der Waals surface area (Å²) in [4.78, 5) is 176. The third-order valence-corrected chi connectivity index (χ3v) is 28.2. The highest BCUT2D eigenvalue weighted by Crippen LogP contribution is 2.54. The number of carbonyl (C=O) groups is 12. The highest BCUT2D eigenvalue weighted by molar-refractivity contribution is 6.48. The number of amides is 12. The van der Waals surface area contributed by atoms with Gasteiger partial charge in [0.15, 0.2) is 0 Å². The van der Waals surface area contributed by atoms with Crippen molar-refractivity contribution in [3.63, 3.8) is 0 Å². The summed E-state index contributed by atoms with van der Waals surface area (Å²) in [5.41, 5.74) is 15.4. The maximum atomic E-state index is 14.6. The van der Waals surface area contributed by atoms with E-state index in [2.05, 4.69) is 55.4 Å². The van der Waals surface area contributed by atoms with Gasteiger partial charge in [0, 0.05) is 112 Å². The number of hydrogen-bond donors (Lipinski definition) is 0. The molecule has 0 saturated heterocycles. The molecule has 132 heavy (non-hydrogen) atoms. The first kappa shape index (κ1) is 85.3. The van der Waals surface area contributed by atoms with Gasteiger partial charge in [0.25, 0.3) is 70.9 Å². The SMILES string of the molecule is CC(C)c1cccc(C(C)C)c1N1C(=O)c2ccc3c4c(ccc(c24)C1=O)C(=O)N(c1c(C(C)C)cccc1C(C)C)C3=O.CC(C)c1cccc(C(C)C)c1N1C(=O)c2ccc3c4ccc5c6c(ccc(c7ccc(c2c37)C1=O)c64)C(=O)N(c1c(C(C)C)cccc1C(C)C)C5=O.CCN1C(=O)c2ccc3c4ccc5c6c(ccc(c7ccc(c2c37)C1=O)c64)C(=O)N(CC)C5=O. The average Bonchev–Trinajstić information content (AvgIpc) is 0.696. The molecule has 656 valence electrons. The molecular formula is C114H98N6O12. The van der Waals surface area contributed by atoms with Crippen LogP contribution in [0.25, 0.3) is 97.0 Å². The molecule has 16 aromatic rings. The first-order chi connectivity index (χ1) is 63.2. The minimum atomic E-state index is -0.448. The summed E-state index contributed by atoms with van der Waals surface area (Å²) < 4.78 is 0. The Labute approximate surface area is 763 Å². The average molecular weight is 1740 g/mol. The van der Waals surface area contributed by atoms with Crippen LogP contribution in [0, 0.1) is 0 Å². The van der Waals surface area contributed by atoms with Crippen molar-refractivity contribution in [2.24, 2.45) is 0 Å². The third-order valence-electron chi connectivity index (χ3n) is 28.2. The third kappa shape index (κ3) is 11.9. The highest BCUT2D eigenvalue weighted by atomic mass is 16.2. The van der Waals surface area contributed by atoms with Crippen LogP contribution in [0.5, 0.6) is 0 Å². The molecule has 18 nitrogen and oxygen atoms in total. The Hall–Kier alpha value is -14.8. The van der Waals surface area contributed by atoms with Crippen molar-refractivity contribution in [2.75, 3.05) is 32.7 Å². The number of anilines is 4. The molecule has 0 saturated carbocycles. The molecule has 0 aromatic heterocycles. The van der Waals surface area contributed by atoms with Gasteiger partial charge in [-0.15, -0.1) is 0 Å². The second kappa shape index (κ2) is 31.0. The van der Waals surface area contributed by atoms with Crippen LogP contribution in [0.1, 0.15) is 341 Å². The molecule has 6 aliphatic heterocycles. The zero-order valence-electron chi connectivity index (χ0n) is 77.1. The van der Waals surface area contributed by atoms with E-state index in [1.807, 2.05) is 201 Å². The minimum Gasteiger partial charge on any atom is -0.275 e. The maximum absolute atomic E-state index is 14.6. The molecule has 16 aromatic carbocycles. The molecule has 0 aliphatic carbocycles. The van der Waals surface area contributed by atoms with E-state index in [0.29, 0.717) is 135 Å². The van der Waals surface area contributed by atoms with E-state index in [4.69, 9.17) is 0 Å². The van der Waals surface area contributed by atoms with Crippen LogP contribution >= 0.6 is 0 Å². The lowest BCUT2D eigenvalue weighted by Gasteiger charge is -2.35. The monoisotopic (exact) mass is 1740 g/mol. The molecule has 0 bridgehead atoms. The van der Waals surface area contributed by atoms with Crippen LogP contribution in [0.4, 0.5) is 22.7 Å². The Bertz CT molecular complexity index is 7130. The van der Waals surface area contributed by atoms with Gasteiger partial charge in [-0.05, 0) is 243 Å². The lowest BCUT2D eigenvalue weighted by atomic mass is 9.81. The van der Waals surface area contributed by atoms with Crippen molar-refractivity contribution in [3.8, 4) is 0 Å². The quantitative estimate of drug-likeness (QED) is 0.0563. The van der Waals surface area contributed by atoms with Gasteiger partial charge < -0.3 is 0 Å². The number of nitrogens with zero attached hydrogens (tertiary/aromatic N) is 6. The predicted molar refractivity (Wildman–Crippen MR) is 524 cm³/mol. The van der Waals surface area contributed by atoms with E-state index in [9.17, 15) is 57.5 Å². The summed E-state index contributed by atoms with van der Waals surface area (Å²) >= 11 is 0. The molecule has 6 aliphatic rings. The fourth-order valence-corrected chi connectivity index (χ4v) is 22.0. The van der Waals surface area contributed by atoms with Crippen molar-refractivity contribution in [2.45, 2.75) is 172 Å². The summed E-state index contributed by atoms with van der Waals surface area (Å²) in [6.45, 7) is 37.3. The topological polar surface area (TPSA) is 224 Å². The van der Waals surface area contributed by atoms with E-state index < -0.39 is 23.6 Å². The van der Waals surface area contributed by atoms with Gasteiger partial charge in [-0.1, -0.05) is 232 Å². The first-order valence-corrected chi connectivity index (χ1v) is 46.0. The summed E-state index contributed by atoms with van der Waals surface area (Å²) in [6.07, 6.45) is 0. The molecule has 12 amide bonds. The molecule has 0 fully saturated rings. The van der Waals surface area contributed by atoms with E-state index in [0.717, 1.165) is 109 Å². The minimum absolute atomic E-state index is 0.0757. The lowest BCUT2D eigenvalue weighted by molar-refractivity contribution is 0.0603. The number of para-hydroxylation sites is 4. The van der Waals surface area contributed by atoms with E-state index in [-0.39, 0.29) is 94.6 Å². The van der Waals surface area contributed by atoms with Crippen molar-refractivity contribution in [1.29, 1.82) is 0 Å². The molecule has 18 heteroatoms. The number of fused-ring (bicyclic) bond motifs is 4. The fourth-order valence-electron chi connectivity index (χ4n) is 22.0. The second-order valence-electron chi connectivity index (χ2n) is 38.2. The summed E-state index contributed by atoms with van der Waals surface area (Å²) in [5, 5.41) is 13.9. The number of benzene rings is 16. The van der Waals surface area contributed by atoms with E-state index in [1.165, 1.54) is 29.4 Å². The zero-order valence-corrected chi connectivity index (χ0v) is 77.1. The van der Waals surface area contributed by atoms with Crippen LogP contribution in [0.3, 0.4) is 0 Å².